The van der Waals surface area contributed by atoms with E-state index in [1.807, 2.05) is 41.6 Å². The highest BCUT2D eigenvalue weighted by atomic mass is 19.4. The highest BCUT2D eigenvalue weighted by Crippen LogP contribution is 2.20. The molecule has 4 rings (SSSR count). The summed E-state index contributed by atoms with van der Waals surface area (Å²) >= 11 is 0. The van der Waals surface area contributed by atoms with Gasteiger partial charge in [0, 0.05) is 19.6 Å². The van der Waals surface area contributed by atoms with Gasteiger partial charge in [-0.15, -0.1) is 0 Å². The minimum Gasteiger partial charge on any atom is -0.475 e. The Balaban J connectivity index is 0.000000360. The molecule has 1 aromatic carbocycles. The van der Waals surface area contributed by atoms with Crippen LogP contribution in [-0.2, 0) is 35.6 Å². The number of aliphatic carboxylic acids is 1. The van der Waals surface area contributed by atoms with E-state index < -0.39 is 12.1 Å². The van der Waals surface area contributed by atoms with E-state index >= 15 is 0 Å². The summed E-state index contributed by atoms with van der Waals surface area (Å²) in [7, 11) is 0. The summed E-state index contributed by atoms with van der Waals surface area (Å²) in [6.45, 7) is 5.73. The lowest BCUT2D eigenvalue weighted by molar-refractivity contribution is -0.192. The van der Waals surface area contributed by atoms with Crippen LogP contribution in [0.1, 0.15) is 36.2 Å². The lowest BCUT2D eigenvalue weighted by Crippen LogP contribution is -2.32. The summed E-state index contributed by atoms with van der Waals surface area (Å²) in [5.74, 6) is -2.54. The fraction of sp³-hybridized carbons (Fsp3) is 0.500. The Labute approximate surface area is 184 Å². The zero-order chi connectivity index (χ0) is 23.1. The number of carbonyl (C=O) groups excluding carboxylic acids is 1. The summed E-state index contributed by atoms with van der Waals surface area (Å²) in [6.07, 6.45) is 0.935. The van der Waals surface area contributed by atoms with Crippen molar-refractivity contribution in [1.29, 1.82) is 0 Å². The summed E-state index contributed by atoms with van der Waals surface area (Å²) < 4.78 is 34.0. The second-order valence-corrected chi connectivity index (χ2v) is 7.95. The number of aromatic nitrogens is 2. The summed E-state index contributed by atoms with van der Waals surface area (Å²) in [6, 6.07) is 10.0. The molecule has 1 fully saturated rings. The Hall–Kier alpha value is -2.88. The van der Waals surface area contributed by atoms with Crippen molar-refractivity contribution in [2.45, 2.75) is 51.5 Å². The van der Waals surface area contributed by atoms with Crippen molar-refractivity contribution >= 4 is 11.9 Å². The van der Waals surface area contributed by atoms with Crippen LogP contribution in [-0.4, -0.2) is 62.1 Å². The van der Waals surface area contributed by atoms with Crippen LogP contribution in [0.3, 0.4) is 0 Å². The lowest BCUT2D eigenvalue weighted by Gasteiger charge is -2.21. The van der Waals surface area contributed by atoms with Crippen molar-refractivity contribution < 1.29 is 27.9 Å². The number of carboxylic acids is 1. The molecule has 2 aliphatic rings. The first-order valence-corrected chi connectivity index (χ1v) is 10.6. The zero-order valence-corrected chi connectivity index (χ0v) is 17.7. The number of benzene rings is 1. The zero-order valence-electron chi connectivity index (χ0n) is 17.7. The van der Waals surface area contributed by atoms with Gasteiger partial charge in [-0.2, -0.15) is 13.2 Å². The van der Waals surface area contributed by atoms with E-state index in [1.165, 1.54) is 31.6 Å². The van der Waals surface area contributed by atoms with Gasteiger partial charge in [0.2, 0.25) is 5.91 Å². The number of carbonyl (C=O) groups is 2. The third-order valence-electron chi connectivity index (χ3n) is 5.57. The normalized spacial score (nSPS) is 16.7. The lowest BCUT2D eigenvalue weighted by atomic mass is 10.1. The summed E-state index contributed by atoms with van der Waals surface area (Å²) in [5.41, 5.74) is 3.47. The van der Waals surface area contributed by atoms with E-state index in [4.69, 9.17) is 9.90 Å². The highest BCUT2D eigenvalue weighted by molar-refractivity contribution is 5.78. The molecule has 1 saturated heterocycles. The van der Waals surface area contributed by atoms with Gasteiger partial charge in [-0.25, -0.2) is 9.78 Å². The Morgan fingerprint density at radius 3 is 2.28 bits per heavy atom. The van der Waals surface area contributed by atoms with E-state index in [1.54, 1.807) is 0 Å². The molecule has 0 atom stereocenters. The van der Waals surface area contributed by atoms with Gasteiger partial charge in [0.05, 0.1) is 30.7 Å². The molecule has 2 aromatic rings. The molecule has 7 nitrogen and oxygen atoms in total. The molecule has 0 spiro atoms. The number of rotatable bonds is 4. The largest absolute Gasteiger partial charge is 0.490 e. The number of fused-ring (bicyclic) bond motifs is 1. The molecule has 0 aliphatic carbocycles. The Kier molecular flexibility index (Phi) is 7.89. The predicted molar refractivity (Wildman–Crippen MR) is 111 cm³/mol. The maximum Gasteiger partial charge on any atom is 0.490 e. The number of hydrogen-bond donors (Lipinski definition) is 1. The molecular weight excluding hydrogens is 425 g/mol. The third-order valence-corrected chi connectivity index (χ3v) is 5.57. The molecule has 1 N–H and O–H groups in total. The van der Waals surface area contributed by atoms with Gasteiger partial charge in [0.25, 0.3) is 0 Å². The second kappa shape index (κ2) is 10.6. The fourth-order valence-corrected chi connectivity index (χ4v) is 3.90. The van der Waals surface area contributed by atoms with Crippen molar-refractivity contribution in [2.24, 2.45) is 0 Å². The number of alkyl halides is 3. The average Bonchev–Trinajstić information content (AvgIpc) is 3.33. The standard InChI is InChI=1S/C20H26N4O.C2HF3O2/c25-20(13-17-7-2-1-3-8-17)23-11-6-12-24-16-21-18(19(24)15-23)14-22-9-4-5-10-22;3-2(4,5)1(6)7/h1-3,7-8,16H,4-6,9-15H2;(H,6,7). The van der Waals surface area contributed by atoms with Gasteiger partial charge in [-0.3, -0.25) is 9.69 Å². The van der Waals surface area contributed by atoms with Crippen molar-refractivity contribution in [3.8, 4) is 0 Å². The van der Waals surface area contributed by atoms with Crippen molar-refractivity contribution in [3.63, 3.8) is 0 Å². The van der Waals surface area contributed by atoms with Crippen molar-refractivity contribution in [2.75, 3.05) is 19.6 Å². The van der Waals surface area contributed by atoms with Gasteiger partial charge in [-0.05, 0) is 37.9 Å². The van der Waals surface area contributed by atoms with Crippen LogP contribution in [0.2, 0.25) is 0 Å². The second-order valence-electron chi connectivity index (χ2n) is 7.95. The minimum atomic E-state index is -5.08. The molecule has 0 saturated carbocycles. The van der Waals surface area contributed by atoms with E-state index in [-0.39, 0.29) is 5.91 Å². The molecule has 3 heterocycles. The van der Waals surface area contributed by atoms with Crippen molar-refractivity contribution in [3.05, 3.63) is 53.6 Å². The first-order chi connectivity index (χ1) is 15.2. The predicted octanol–water partition coefficient (Wildman–Crippen LogP) is 3.09. The Morgan fingerprint density at radius 2 is 1.66 bits per heavy atom. The number of likely N-dealkylation sites (tertiary alicyclic amines) is 1. The minimum absolute atomic E-state index is 0.216. The SMILES string of the molecule is O=C(Cc1ccccc1)N1CCCn2cnc(CN3CCCC3)c2C1.O=C(O)C(F)(F)F. The van der Waals surface area contributed by atoms with Gasteiger partial charge in [-0.1, -0.05) is 30.3 Å². The van der Waals surface area contributed by atoms with E-state index in [9.17, 15) is 18.0 Å². The number of halogens is 3. The van der Waals surface area contributed by atoms with Gasteiger partial charge in [0.15, 0.2) is 0 Å². The van der Waals surface area contributed by atoms with Crippen LogP contribution in [0, 0.1) is 0 Å². The number of imidazole rings is 1. The molecule has 0 unspecified atom stereocenters. The molecule has 10 heteroatoms. The van der Waals surface area contributed by atoms with Crippen molar-refractivity contribution in [1.82, 2.24) is 19.4 Å². The molecule has 174 valence electrons. The molecule has 2 aliphatic heterocycles. The number of carboxylic acid groups (broad SMARTS) is 1. The quantitative estimate of drug-likeness (QED) is 0.772. The van der Waals surface area contributed by atoms with E-state index in [0.29, 0.717) is 13.0 Å². The molecule has 1 aromatic heterocycles. The number of nitrogens with zero attached hydrogens (tertiary/aromatic N) is 4. The Morgan fingerprint density at radius 1 is 1.00 bits per heavy atom. The van der Waals surface area contributed by atoms with E-state index in [2.05, 4.69) is 14.5 Å². The summed E-state index contributed by atoms with van der Waals surface area (Å²) in [5, 5.41) is 7.12. The third kappa shape index (κ3) is 6.56. The highest BCUT2D eigenvalue weighted by Gasteiger charge is 2.38. The van der Waals surface area contributed by atoms with Gasteiger partial charge >= 0.3 is 12.1 Å². The van der Waals surface area contributed by atoms with Crippen LogP contribution >= 0.6 is 0 Å². The first kappa shape index (κ1) is 23.8. The molecule has 32 heavy (non-hydrogen) atoms. The van der Waals surface area contributed by atoms with Gasteiger partial charge < -0.3 is 14.6 Å². The first-order valence-electron chi connectivity index (χ1n) is 10.6. The monoisotopic (exact) mass is 452 g/mol. The maximum absolute atomic E-state index is 12.8. The summed E-state index contributed by atoms with van der Waals surface area (Å²) in [4.78, 5) is 30.8. The van der Waals surface area contributed by atoms with E-state index in [0.717, 1.165) is 37.3 Å². The van der Waals surface area contributed by atoms with Crippen LogP contribution in [0.25, 0.3) is 0 Å². The topological polar surface area (TPSA) is 78.7 Å². The Bertz CT molecular complexity index is 909. The molecule has 1 amide bonds. The number of hydrogen-bond acceptors (Lipinski definition) is 4. The maximum atomic E-state index is 12.8. The number of amides is 1. The average molecular weight is 452 g/mol. The molecule has 0 bridgehead atoms. The van der Waals surface area contributed by atoms with Crippen LogP contribution in [0.4, 0.5) is 13.2 Å². The molecule has 0 radical (unpaired) electrons. The van der Waals surface area contributed by atoms with Crippen LogP contribution in [0.5, 0.6) is 0 Å². The smallest absolute Gasteiger partial charge is 0.475 e. The van der Waals surface area contributed by atoms with Gasteiger partial charge in [0.1, 0.15) is 0 Å². The van der Waals surface area contributed by atoms with Crippen LogP contribution < -0.4 is 0 Å². The number of aryl methyl sites for hydroxylation is 1. The van der Waals surface area contributed by atoms with Crippen LogP contribution in [0.15, 0.2) is 36.7 Å². The fourth-order valence-electron chi connectivity index (χ4n) is 3.90. The molecular formula is C22H27F3N4O3.